The van der Waals surface area contributed by atoms with Crippen molar-refractivity contribution in [3.05, 3.63) is 56.2 Å². The van der Waals surface area contributed by atoms with E-state index in [1.807, 2.05) is 13.0 Å². The van der Waals surface area contributed by atoms with Gasteiger partial charge >= 0.3 is 0 Å². The first kappa shape index (κ1) is 13.6. The average Bonchev–Trinajstić information content (AvgIpc) is 2.75. The molecule has 2 nitrogen and oxygen atoms in total. The van der Waals surface area contributed by atoms with Crippen molar-refractivity contribution in [3.8, 4) is 0 Å². The van der Waals surface area contributed by atoms with Gasteiger partial charge in [0.1, 0.15) is 0 Å². The second-order valence-electron chi connectivity index (χ2n) is 4.53. The van der Waals surface area contributed by atoms with E-state index in [0.717, 1.165) is 17.0 Å². The lowest BCUT2D eigenvalue weighted by molar-refractivity contribution is 0.551. The first-order valence-corrected chi connectivity index (χ1v) is 7.17. The summed E-state index contributed by atoms with van der Waals surface area (Å²) in [6.45, 7) is 4.14. The number of thiophene rings is 1. The number of aryl methyl sites for hydroxylation is 2. The molecule has 0 saturated carbocycles. The summed E-state index contributed by atoms with van der Waals surface area (Å²) in [5.74, 6) is 5.67. The number of benzene rings is 1. The fourth-order valence-electron chi connectivity index (χ4n) is 2.02. The van der Waals surface area contributed by atoms with Gasteiger partial charge in [-0.25, -0.2) is 0 Å². The van der Waals surface area contributed by atoms with E-state index in [9.17, 15) is 0 Å². The summed E-state index contributed by atoms with van der Waals surface area (Å²) in [6, 6.07) is 6.25. The molecule has 3 N–H and O–H groups in total. The molecular formula is C14H17ClN2S. The third-order valence-electron chi connectivity index (χ3n) is 3.10. The molecule has 1 atom stereocenters. The molecule has 1 heterocycles. The van der Waals surface area contributed by atoms with Gasteiger partial charge in [0.2, 0.25) is 0 Å². The summed E-state index contributed by atoms with van der Waals surface area (Å²) in [6.07, 6.45) is 0.799. The monoisotopic (exact) mass is 280 g/mol. The van der Waals surface area contributed by atoms with Crippen molar-refractivity contribution in [1.29, 1.82) is 0 Å². The van der Waals surface area contributed by atoms with Crippen LogP contribution in [0, 0.1) is 13.8 Å². The van der Waals surface area contributed by atoms with E-state index in [4.69, 9.17) is 17.4 Å². The Kier molecular flexibility index (Phi) is 4.40. The summed E-state index contributed by atoms with van der Waals surface area (Å²) in [5.41, 5.74) is 7.70. The lowest BCUT2D eigenvalue weighted by atomic mass is 9.98. The van der Waals surface area contributed by atoms with E-state index in [-0.39, 0.29) is 6.04 Å². The lowest BCUT2D eigenvalue weighted by Gasteiger charge is -2.17. The molecule has 0 aliphatic heterocycles. The maximum atomic E-state index is 6.27. The van der Waals surface area contributed by atoms with Gasteiger partial charge in [-0.1, -0.05) is 23.7 Å². The van der Waals surface area contributed by atoms with Crippen LogP contribution < -0.4 is 11.3 Å². The molecular weight excluding hydrogens is 264 g/mol. The Morgan fingerprint density at radius 2 is 2.11 bits per heavy atom. The van der Waals surface area contributed by atoms with Crippen LogP contribution in [0.5, 0.6) is 0 Å². The molecule has 0 fully saturated rings. The van der Waals surface area contributed by atoms with Gasteiger partial charge in [-0.3, -0.25) is 11.3 Å². The highest BCUT2D eigenvalue weighted by Crippen LogP contribution is 2.27. The molecule has 0 amide bonds. The molecule has 1 aromatic carbocycles. The van der Waals surface area contributed by atoms with E-state index in [0.29, 0.717) is 0 Å². The molecule has 1 unspecified atom stereocenters. The Labute approximate surface area is 117 Å². The molecule has 2 aromatic rings. The van der Waals surface area contributed by atoms with Crippen LogP contribution >= 0.6 is 22.9 Å². The zero-order valence-electron chi connectivity index (χ0n) is 10.5. The highest BCUT2D eigenvalue weighted by atomic mass is 35.5. The fraction of sp³-hybridized carbons (Fsp3) is 0.286. The summed E-state index contributed by atoms with van der Waals surface area (Å²) in [4.78, 5) is 0. The van der Waals surface area contributed by atoms with Crippen LogP contribution in [0.15, 0.2) is 29.0 Å². The Bertz CT molecular complexity index is 536. The first-order chi connectivity index (χ1) is 8.61. The zero-order valence-corrected chi connectivity index (χ0v) is 12.1. The minimum atomic E-state index is 0.108. The van der Waals surface area contributed by atoms with Crippen LogP contribution in [-0.2, 0) is 6.42 Å². The second-order valence-corrected chi connectivity index (χ2v) is 5.68. The fourth-order valence-corrected chi connectivity index (χ4v) is 3.24. The molecule has 1 aromatic heterocycles. The van der Waals surface area contributed by atoms with Gasteiger partial charge in [0.25, 0.3) is 0 Å². The van der Waals surface area contributed by atoms with Crippen LogP contribution in [0.25, 0.3) is 0 Å². The molecule has 4 heteroatoms. The second kappa shape index (κ2) is 5.85. The third kappa shape index (κ3) is 2.93. The standard InChI is InChI=1S/C14H17ClN2S/c1-9-3-4-11(13(15)5-9)6-14(17-16)12-8-18-7-10(12)2/h3-5,7-8,14,17H,6,16H2,1-2H3. The SMILES string of the molecule is Cc1ccc(CC(NN)c2cscc2C)c(Cl)c1. The molecule has 0 radical (unpaired) electrons. The molecule has 96 valence electrons. The number of hydrazine groups is 1. The highest BCUT2D eigenvalue weighted by molar-refractivity contribution is 7.08. The van der Waals surface area contributed by atoms with Crippen LogP contribution in [0.3, 0.4) is 0 Å². The van der Waals surface area contributed by atoms with Crippen LogP contribution in [0.4, 0.5) is 0 Å². The van der Waals surface area contributed by atoms with Crippen molar-refractivity contribution in [2.75, 3.05) is 0 Å². The topological polar surface area (TPSA) is 38.0 Å². The Morgan fingerprint density at radius 1 is 1.33 bits per heavy atom. The van der Waals surface area contributed by atoms with E-state index in [1.165, 1.54) is 16.7 Å². The quantitative estimate of drug-likeness (QED) is 0.661. The van der Waals surface area contributed by atoms with Gasteiger partial charge in [-0.2, -0.15) is 11.3 Å². The maximum absolute atomic E-state index is 6.27. The maximum Gasteiger partial charge on any atom is 0.0511 e. The predicted octanol–water partition coefficient (Wildman–Crippen LogP) is 3.77. The van der Waals surface area contributed by atoms with Crippen molar-refractivity contribution in [2.24, 2.45) is 5.84 Å². The van der Waals surface area contributed by atoms with Crippen molar-refractivity contribution in [3.63, 3.8) is 0 Å². The van der Waals surface area contributed by atoms with Crippen LogP contribution in [-0.4, -0.2) is 0 Å². The van der Waals surface area contributed by atoms with Crippen molar-refractivity contribution in [2.45, 2.75) is 26.3 Å². The summed E-state index contributed by atoms with van der Waals surface area (Å²) >= 11 is 7.96. The average molecular weight is 281 g/mol. The molecule has 2 rings (SSSR count). The lowest BCUT2D eigenvalue weighted by Crippen LogP contribution is -2.29. The molecule has 0 bridgehead atoms. The van der Waals surface area contributed by atoms with Gasteiger partial charge < -0.3 is 0 Å². The first-order valence-electron chi connectivity index (χ1n) is 5.85. The number of hydrogen-bond donors (Lipinski definition) is 2. The largest absolute Gasteiger partial charge is 0.271 e. The smallest absolute Gasteiger partial charge is 0.0511 e. The number of halogens is 1. The van der Waals surface area contributed by atoms with Gasteiger partial charge in [0, 0.05) is 5.02 Å². The predicted molar refractivity (Wildman–Crippen MR) is 79.0 cm³/mol. The molecule has 18 heavy (non-hydrogen) atoms. The van der Waals surface area contributed by atoms with Crippen molar-refractivity contribution >= 4 is 22.9 Å². The number of nitrogens with one attached hydrogen (secondary N) is 1. The normalized spacial score (nSPS) is 12.7. The number of rotatable bonds is 4. The summed E-state index contributed by atoms with van der Waals surface area (Å²) in [7, 11) is 0. The Hall–Kier alpha value is -0.870. The van der Waals surface area contributed by atoms with Gasteiger partial charge in [-0.15, -0.1) is 0 Å². The van der Waals surface area contributed by atoms with E-state index in [2.05, 4.69) is 35.2 Å². The third-order valence-corrected chi connectivity index (χ3v) is 4.34. The molecule has 0 aliphatic carbocycles. The molecule has 0 spiro atoms. The van der Waals surface area contributed by atoms with Crippen molar-refractivity contribution < 1.29 is 0 Å². The molecule has 0 saturated heterocycles. The number of nitrogens with two attached hydrogens (primary N) is 1. The minimum Gasteiger partial charge on any atom is -0.271 e. The van der Waals surface area contributed by atoms with Crippen molar-refractivity contribution in [1.82, 2.24) is 5.43 Å². The minimum absolute atomic E-state index is 0.108. The summed E-state index contributed by atoms with van der Waals surface area (Å²) in [5, 5.41) is 5.08. The summed E-state index contributed by atoms with van der Waals surface area (Å²) < 4.78 is 0. The van der Waals surface area contributed by atoms with Gasteiger partial charge in [0.15, 0.2) is 0 Å². The molecule has 0 aliphatic rings. The van der Waals surface area contributed by atoms with Crippen LogP contribution in [0.2, 0.25) is 5.02 Å². The van der Waals surface area contributed by atoms with E-state index in [1.54, 1.807) is 11.3 Å². The van der Waals surface area contributed by atoms with E-state index >= 15 is 0 Å². The van der Waals surface area contributed by atoms with Crippen LogP contribution in [0.1, 0.15) is 28.3 Å². The van der Waals surface area contributed by atoms with E-state index < -0.39 is 0 Å². The van der Waals surface area contributed by atoms with Gasteiger partial charge in [-0.05, 0) is 59.3 Å². The Morgan fingerprint density at radius 3 is 2.67 bits per heavy atom. The zero-order chi connectivity index (χ0) is 13.1. The Balaban J connectivity index is 2.23. The number of hydrogen-bond acceptors (Lipinski definition) is 3. The highest BCUT2D eigenvalue weighted by Gasteiger charge is 2.15. The van der Waals surface area contributed by atoms with Gasteiger partial charge in [0.05, 0.1) is 6.04 Å².